The van der Waals surface area contributed by atoms with Crippen LogP contribution in [0.4, 0.5) is 0 Å². The molecular weight excluding hydrogens is 252 g/mol. The van der Waals surface area contributed by atoms with Gasteiger partial charge >= 0.3 is 0 Å². The Balaban J connectivity index is 0.000000370. The Labute approximate surface area is 123 Å². The number of ether oxygens (including phenoxy) is 1. The lowest BCUT2D eigenvalue weighted by atomic mass is 10.0. The summed E-state index contributed by atoms with van der Waals surface area (Å²) in [5.74, 6) is -1.67. The summed E-state index contributed by atoms with van der Waals surface area (Å²) >= 11 is 0. The molecule has 0 spiro atoms. The molecule has 1 rings (SSSR count). The first kappa shape index (κ1) is 19.1. The van der Waals surface area contributed by atoms with E-state index < -0.39 is 5.79 Å². The Morgan fingerprint density at radius 3 is 1.80 bits per heavy atom. The Morgan fingerprint density at radius 1 is 0.900 bits per heavy atom. The van der Waals surface area contributed by atoms with Crippen LogP contribution >= 0.6 is 0 Å². The van der Waals surface area contributed by atoms with E-state index in [0.29, 0.717) is 12.0 Å². The van der Waals surface area contributed by atoms with Crippen molar-refractivity contribution in [2.24, 2.45) is 0 Å². The molecule has 0 unspecified atom stereocenters. The van der Waals surface area contributed by atoms with Crippen molar-refractivity contribution >= 4 is 0 Å². The molecule has 3 heteroatoms. The van der Waals surface area contributed by atoms with Crippen LogP contribution in [0.25, 0.3) is 0 Å². The van der Waals surface area contributed by atoms with E-state index in [4.69, 9.17) is 4.74 Å². The molecule has 0 saturated heterocycles. The zero-order valence-electron chi connectivity index (χ0n) is 13.1. The monoisotopic (exact) mass is 282 g/mol. The van der Waals surface area contributed by atoms with Gasteiger partial charge in [0.15, 0.2) is 5.79 Å². The Morgan fingerprint density at radius 2 is 1.40 bits per heavy atom. The van der Waals surface area contributed by atoms with Gasteiger partial charge in [0.25, 0.3) is 0 Å². The van der Waals surface area contributed by atoms with Crippen LogP contribution in [0.3, 0.4) is 0 Å². The van der Waals surface area contributed by atoms with Gasteiger partial charge in [0.05, 0.1) is 0 Å². The van der Waals surface area contributed by atoms with E-state index in [1.54, 1.807) is 31.2 Å². The third kappa shape index (κ3) is 9.08. The predicted octanol–water partition coefficient (Wildman–Crippen LogP) is 3.84. The minimum atomic E-state index is -1.67. The molecule has 1 aromatic rings. The molecule has 0 bridgehead atoms. The van der Waals surface area contributed by atoms with E-state index in [1.165, 1.54) is 25.7 Å². The van der Waals surface area contributed by atoms with Crippen molar-refractivity contribution in [1.82, 2.24) is 0 Å². The minimum absolute atomic E-state index is 0.303. The van der Waals surface area contributed by atoms with Crippen LogP contribution in [-0.4, -0.2) is 23.4 Å². The van der Waals surface area contributed by atoms with Crippen molar-refractivity contribution in [2.45, 2.75) is 58.7 Å². The Kier molecular flexibility index (Phi) is 11.4. The summed E-state index contributed by atoms with van der Waals surface area (Å²) in [6, 6.07) is 8.81. The lowest BCUT2D eigenvalue weighted by molar-refractivity contribution is -0.171. The SMILES string of the molecule is CCC(O)(O)c1ccccc1.CCCCOCCCC. The number of unbranched alkanes of at least 4 members (excludes halogenated alkanes) is 2. The second kappa shape index (κ2) is 11.9. The molecular formula is C17H30O3. The normalized spacial score (nSPS) is 10.8. The molecule has 0 fully saturated rings. The minimum Gasteiger partial charge on any atom is -0.381 e. The lowest BCUT2D eigenvalue weighted by Crippen LogP contribution is -2.23. The maximum absolute atomic E-state index is 9.35. The van der Waals surface area contributed by atoms with Crippen LogP contribution in [0.1, 0.15) is 58.4 Å². The lowest BCUT2D eigenvalue weighted by Gasteiger charge is -2.19. The second-order valence-corrected chi connectivity index (χ2v) is 4.86. The Hall–Kier alpha value is -0.900. The van der Waals surface area contributed by atoms with E-state index in [0.717, 1.165) is 13.2 Å². The summed E-state index contributed by atoms with van der Waals surface area (Å²) in [4.78, 5) is 0. The molecule has 0 aromatic heterocycles. The molecule has 2 N–H and O–H groups in total. The molecule has 0 atom stereocenters. The summed E-state index contributed by atoms with van der Waals surface area (Å²) in [5.41, 5.74) is 0.544. The number of aliphatic hydroxyl groups is 2. The quantitative estimate of drug-likeness (QED) is 0.562. The highest BCUT2D eigenvalue weighted by Crippen LogP contribution is 2.20. The van der Waals surface area contributed by atoms with Crippen molar-refractivity contribution in [3.63, 3.8) is 0 Å². The third-order valence-electron chi connectivity index (χ3n) is 3.01. The first-order chi connectivity index (χ1) is 9.58. The number of hydrogen-bond acceptors (Lipinski definition) is 3. The summed E-state index contributed by atoms with van der Waals surface area (Å²) in [5, 5.41) is 18.7. The average molecular weight is 282 g/mol. The first-order valence-corrected chi connectivity index (χ1v) is 7.66. The van der Waals surface area contributed by atoms with Crippen LogP contribution in [0.2, 0.25) is 0 Å². The van der Waals surface area contributed by atoms with Crippen molar-refractivity contribution in [2.75, 3.05) is 13.2 Å². The third-order valence-corrected chi connectivity index (χ3v) is 3.01. The van der Waals surface area contributed by atoms with E-state index in [1.807, 2.05) is 6.07 Å². The molecule has 20 heavy (non-hydrogen) atoms. The highest BCUT2D eigenvalue weighted by molar-refractivity contribution is 5.19. The van der Waals surface area contributed by atoms with Crippen LogP contribution in [-0.2, 0) is 10.5 Å². The molecule has 0 aliphatic heterocycles. The Bertz CT molecular complexity index is 303. The highest BCUT2D eigenvalue weighted by Gasteiger charge is 2.21. The standard InChI is InChI=1S/C9H12O2.C8H18O/c1-2-9(10,11)8-6-4-3-5-7-8;1-3-5-7-9-8-6-4-2/h3-7,10-11H,2H2,1H3;3-8H2,1-2H3. The fraction of sp³-hybridized carbons (Fsp3) is 0.647. The fourth-order valence-electron chi connectivity index (χ4n) is 1.50. The maximum atomic E-state index is 9.35. The van der Waals surface area contributed by atoms with E-state index in [2.05, 4.69) is 13.8 Å². The maximum Gasteiger partial charge on any atom is 0.189 e. The van der Waals surface area contributed by atoms with E-state index >= 15 is 0 Å². The zero-order valence-corrected chi connectivity index (χ0v) is 13.1. The molecule has 116 valence electrons. The summed E-state index contributed by atoms with van der Waals surface area (Å²) in [6.07, 6.45) is 5.21. The van der Waals surface area contributed by atoms with Gasteiger partial charge in [-0.05, 0) is 12.8 Å². The van der Waals surface area contributed by atoms with Gasteiger partial charge in [-0.1, -0.05) is 63.9 Å². The average Bonchev–Trinajstić information content (AvgIpc) is 2.49. The zero-order chi connectivity index (χ0) is 15.3. The van der Waals surface area contributed by atoms with Gasteiger partial charge in [0.1, 0.15) is 0 Å². The molecule has 0 radical (unpaired) electrons. The van der Waals surface area contributed by atoms with Gasteiger partial charge in [-0.3, -0.25) is 0 Å². The second-order valence-electron chi connectivity index (χ2n) is 4.86. The molecule has 0 aliphatic rings. The van der Waals surface area contributed by atoms with Crippen molar-refractivity contribution in [3.05, 3.63) is 35.9 Å². The summed E-state index contributed by atoms with van der Waals surface area (Å²) in [7, 11) is 0. The van der Waals surface area contributed by atoms with Gasteiger partial charge in [-0.2, -0.15) is 0 Å². The van der Waals surface area contributed by atoms with Crippen molar-refractivity contribution in [3.8, 4) is 0 Å². The van der Waals surface area contributed by atoms with Crippen molar-refractivity contribution in [1.29, 1.82) is 0 Å². The largest absolute Gasteiger partial charge is 0.381 e. The highest BCUT2D eigenvalue weighted by atomic mass is 16.5. The molecule has 0 saturated carbocycles. The van der Waals surface area contributed by atoms with Gasteiger partial charge in [0.2, 0.25) is 0 Å². The summed E-state index contributed by atoms with van der Waals surface area (Å²) < 4.78 is 5.31. The van der Waals surface area contributed by atoms with Gasteiger partial charge in [-0.25, -0.2) is 0 Å². The first-order valence-electron chi connectivity index (χ1n) is 7.66. The van der Waals surface area contributed by atoms with Crippen molar-refractivity contribution < 1.29 is 14.9 Å². The molecule has 0 heterocycles. The van der Waals surface area contributed by atoms with E-state index in [-0.39, 0.29) is 0 Å². The molecule has 0 amide bonds. The van der Waals surface area contributed by atoms with Gasteiger partial charge in [0, 0.05) is 25.2 Å². The number of hydrogen-bond donors (Lipinski definition) is 2. The predicted molar refractivity (Wildman–Crippen MR) is 83.5 cm³/mol. The topological polar surface area (TPSA) is 49.7 Å². The number of rotatable bonds is 8. The molecule has 0 aliphatic carbocycles. The van der Waals surface area contributed by atoms with Crippen LogP contribution in [0.15, 0.2) is 30.3 Å². The van der Waals surface area contributed by atoms with Crippen LogP contribution in [0, 0.1) is 0 Å². The number of benzene rings is 1. The van der Waals surface area contributed by atoms with E-state index in [9.17, 15) is 10.2 Å². The summed E-state index contributed by atoms with van der Waals surface area (Å²) in [6.45, 7) is 8.01. The fourth-order valence-corrected chi connectivity index (χ4v) is 1.50. The smallest absolute Gasteiger partial charge is 0.189 e. The molecule has 1 aromatic carbocycles. The van der Waals surface area contributed by atoms with Crippen LogP contribution in [0.5, 0.6) is 0 Å². The van der Waals surface area contributed by atoms with Gasteiger partial charge < -0.3 is 14.9 Å². The molecule has 3 nitrogen and oxygen atoms in total. The van der Waals surface area contributed by atoms with Crippen LogP contribution < -0.4 is 0 Å². The van der Waals surface area contributed by atoms with Gasteiger partial charge in [-0.15, -0.1) is 0 Å².